The molecule has 0 unspecified atom stereocenters. The van der Waals surface area contributed by atoms with Gasteiger partial charge in [-0.1, -0.05) is 6.58 Å². The zero-order valence-electron chi connectivity index (χ0n) is 9.99. The van der Waals surface area contributed by atoms with Crippen LogP contribution in [0, 0.1) is 0 Å². The van der Waals surface area contributed by atoms with Crippen LogP contribution in [0.2, 0.25) is 0 Å². The maximum atomic E-state index is 11.0. The summed E-state index contributed by atoms with van der Waals surface area (Å²) in [5, 5.41) is 0. The topological polar surface area (TPSA) is 78.9 Å². The molecule has 0 aliphatic heterocycles. The van der Waals surface area contributed by atoms with E-state index in [1.807, 2.05) is 0 Å². The Morgan fingerprint density at radius 2 is 1.53 bits per heavy atom. The Morgan fingerprint density at radius 3 is 2.06 bits per heavy atom. The van der Waals surface area contributed by atoms with Crippen LogP contribution in [0.4, 0.5) is 0 Å². The fourth-order valence-corrected chi connectivity index (χ4v) is 0.794. The van der Waals surface area contributed by atoms with Crippen molar-refractivity contribution in [1.29, 1.82) is 0 Å². The van der Waals surface area contributed by atoms with E-state index in [9.17, 15) is 14.4 Å². The molecule has 0 bridgehead atoms. The summed E-state index contributed by atoms with van der Waals surface area (Å²) < 4.78 is 13.9. The number of carbonyl (C=O) groups excluding carboxylic acids is 3. The molecular weight excluding hydrogens is 228 g/mol. The van der Waals surface area contributed by atoms with E-state index in [1.54, 1.807) is 6.92 Å². The van der Waals surface area contributed by atoms with Crippen LogP contribution < -0.4 is 0 Å². The van der Waals surface area contributed by atoms with Gasteiger partial charge in [-0.05, 0) is 13.8 Å². The molecule has 0 aromatic rings. The molecule has 0 aliphatic rings. The largest absolute Gasteiger partial charge is 0.466 e. The van der Waals surface area contributed by atoms with Crippen molar-refractivity contribution in [2.75, 3.05) is 19.8 Å². The van der Waals surface area contributed by atoms with Gasteiger partial charge in [-0.2, -0.15) is 0 Å². The molecular formula is C11H16O6. The second-order valence-electron chi connectivity index (χ2n) is 3.12. The van der Waals surface area contributed by atoms with Crippen molar-refractivity contribution in [3.8, 4) is 0 Å². The SMILES string of the molecule is C=C(C)C(=O)OCCOC(=O)CC(=O)OCC. The van der Waals surface area contributed by atoms with Gasteiger partial charge in [0.05, 0.1) is 6.61 Å². The normalized spacial score (nSPS) is 9.29. The highest BCUT2D eigenvalue weighted by Gasteiger charge is 2.11. The highest BCUT2D eigenvalue weighted by atomic mass is 16.6. The maximum absolute atomic E-state index is 11.0. The Kier molecular flexibility index (Phi) is 7.41. The van der Waals surface area contributed by atoms with Crippen molar-refractivity contribution >= 4 is 17.9 Å². The first-order valence-corrected chi connectivity index (χ1v) is 5.11. The molecule has 0 aromatic heterocycles. The lowest BCUT2D eigenvalue weighted by Gasteiger charge is -2.05. The Morgan fingerprint density at radius 1 is 1.00 bits per heavy atom. The van der Waals surface area contributed by atoms with Gasteiger partial charge in [0.15, 0.2) is 0 Å². The monoisotopic (exact) mass is 244 g/mol. The van der Waals surface area contributed by atoms with Gasteiger partial charge in [0, 0.05) is 5.57 Å². The number of ether oxygens (including phenoxy) is 3. The van der Waals surface area contributed by atoms with Gasteiger partial charge in [0.2, 0.25) is 0 Å². The van der Waals surface area contributed by atoms with E-state index in [2.05, 4.69) is 20.8 Å². The molecule has 0 N–H and O–H groups in total. The van der Waals surface area contributed by atoms with Crippen molar-refractivity contribution in [2.24, 2.45) is 0 Å². The predicted octanol–water partition coefficient (Wildman–Crippen LogP) is 0.602. The van der Waals surface area contributed by atoms with Gasteiger partial charge in [0.1, 0.15) is 19.6 Å². The van der Waals surface area contributed by atoms with Crippen molar-refractivity contribution in [3.05, 3.63) is 12.2 Å². The molecule has 0 spiro atoms. The molecule has 0 amide bonds. The fraction of sp³-hybridized carbons (Fsp3) is 0.545. The van der Waals surface area contributed by atoms with Crippen LogP contribution in [0.5, 0.6) is 0 Å². The summed E-state index contributed by atoms with van der Waals surface area (Å²) in [5.41, 5.74) is 0.267. The van der Waals surface area contributed by atoms with Crippen molar-refractivity contribution in [3.63, 3.8) is 0 Å². The van der Waals surface area contributed by atoms with Crippen LogP contribution in [0.15, 0.2) is 12.2 Å². The van der Waals surface area contributed by atoms with E-state index < -0.39 is 24.3 Å². The molecule has 6 heteroatoms. The maximum Gasteiger partial charge on any atom is 0.333 e. The van der Waals surface area contributed by atoms with Crippen molar-refractivity contribution in [1.82, 2.24) is 0 Å². The van der Waals surface area contributed by atoms with Crippen molar-refractivity contribution in [2.45, 2.75) is 20.3 Å². The van der Waals surface area contributed by atoms with Crippen LogP contribution in [-0.2, 0) is 28.6 Å². The summed E-state index contributed by atoms with van der Waals surface area (Å²) in [6.45, 7) is 6.57. The molecule has 0 atom stereocenters. The molecule has 0 rings (SSSR count). The molecule has 96 valence electrons. The fourth-order valence-electron chi connectivity index (χ4n) is 0.794. The van der Waals surface area contributed by atoms with Gasteiger partial charge in [-0.15, -0.1) is 0 Å². The third kappa shape index (κ3) is 8.01. The summed E-state index contributed by atoms with van der Waals surface area (Å²) in [7, 11) is 0. The van der Waals surface area contributed by atoms with Crippen LogP contribution in [0.1, 0.15) is 20.3 Å². The summed E-state index contributed by atoms with van der Waals surface area (Å²) in [4.78, 5) is 32.8. The van der Waals surface area contributed by atoms with Crippen LogP contribution in [-0.4, -0.2) is 37.7 Å². The molecule has 0 aliphatic carbocycles. The van der Waals surface area contributed by atoms with E-state index in [4.69, 9.17) is 0 Å². The molecule has 0 saturated heterocycles. The zero-order chi connectivity index (χ0) is 13.3. The van der Waals surface area contributed by atoms with Crippen LogP contribution in [0.3, 0.4) is 0 Å². The average Bonchev–Trinajstić information content (AvgIpc) is 2.24. The third-order valence-electron chi connectivity index (χ3n) is 1.52. The van der Waals surface area contributed by atoms with E-state index in [-0.39, 0.29) is 25.4 Å². The molecule has 6 nitrogen and oxygen atoms in total. The van der Waals surface area contributed by atoms with Crippen LogP contribution in [0.25, 0.3) is 0 Å². The molecule has 0 saturated carbocycles. The molecule has 0 heterocycles. The number of hydrogen-bond acceptors (Lipinski definition) is 6. The minimum atomic E-state index is -0.713. The first-order chi connectivity index (χ1) is 7.97. The zero-order valence-corrected chi connectivity index (χ0v) is 9.99. The number of esters is 3. The van der Waals surface area contributed by atoms with Crippen molar-refractivity contribution < 1.29 is 28.6 Å². The van der Waals surface area contributed by atoms with Gasteiger partial charge >= 0.3 is 17.9 Å². The predicted molar refractivity (Wildman–Crippen MR) is 58.0 cm³/mol. The van der Waals surface area contributed by atoms with Crippen LogP contribution >= 0.6 is 0 Å². The minimum Gasteiger partial charge on any atom is -0.466 e. The van der Waals surface area contributed by atoms with E-state index in [0.29, 0.717) is 0 Å². The second kappa shape index (κ2) is 8.32. The Hall–Kier alpha value is -1.85. The second-order valence-corrected chi connectivity index (χ2v) is 3.12. The number of carbonyl (C=O) groups is 3. The average molecular weight is 244 g/mol. The van der Waals surface area contributed by atoms with E-state index in [0.717, 1.165) is 0 Å². The quantitative estimate of drug-likeness (QED) is 0.214. The summed E-state index contributed by atoms with van der Waals surface area (Å²) in [6.07, 6.45) is -0.442. The van der Waals surface area contributed by atoms with E-state index in [1.165, 1.54) is 6.92 Å². The Labute approximate surface area is 99.5 Å². The minimum absolute atomic E-state index is 0.0692. The summed E-state index contributed by atoms with van der Waals surface area (Å²) in [6, 6.07) is 0. The lowest BCUT2D eigenvalue weighted by Crippen LogP contribution is -2.17. The lowest BCUT2D eigenvalue weighted by molar-refractivity contribution is -0.157. The number of hydrogen-bond donors (Lipinski definition) is 0. The first kappa shape index (κ1) is 15.2. The highest BCUT2D eigenvalue weighted by Crippen LogP contribution is 1.94. The molecule has 0 fully saturated rings. The first-order valence-electron chi connectivity index (χ1n) is 5.11. The molecule has 17 heavy (non-hydrogen) atoms. The molecule has 0 aromatic carbocycles. The Bertz CT molecular complexity index is 307. The van der Waals surface area contributed by atoms with E-state index >= 15 is 0 Å². The third-order valence-corrected chi connectivity index (χ3v) is 1.52. The highest BCUT2D eigenvalue weighted by molar-refractivity contribution is 5.91. The van der Waals surface area contributed by atoms with Gasteiger partial charge in [-0.3, -0.25) is 9.59 Å². The van der Waals surface area contributed by atoms with Gasteiger partial charge in [0.25, 0.3) is 0 Å². The molecule has 0 radical (unpaired) electrons. The number of rotatable bonds is 7. The van der Waals surface area contributed by atoms with Gasteiger partial charge < -0.3 is 14.2 Å². The van der Waals surface area contributed by atoms with Gasteiger partial charge in [-0.25, -0.2) is 4.79 Å². The smallest absolute Gasteiger partial charge is 0.333 e. The lowest BCUT2D eigenvalue weighted by atomic mass is 10.4. The summed E-state index contributed by atoms with van der Waals surface area (Å²) in [5.74, 6) is -1.90. The standard InChI is InChI=1S/C11H16O6/c1-4-15-9(12)7-10(13)16-5-6-17-11(14)8(2)3/h2,4-7H2,1,3H3. The Balaban J connectivity index is 3.62. The summed E-state index contributed by atoms with van der Waals surface area (Å²) >= 11 is 0.